The van der Waals surface area contributed by atoms with E-state index in [9.17, 15) is 9.59 Å². The number of hydrogen-bond acceptors (Lipinski definition) is 5. The lowest BCUT2D eigenvalue weighted by Gasteiger charge is -2.12. The maximum Gasteiger partial charge on any atom is 0.431 e. The average Bonchev–Trinajstić information content (AvgIpc) is 2.67. The highest BCUT2D eigenvalue weighted by Gasteiger charge is 2.22. The number of carbonyl (C=O) groups is 2. The highest BCUT2D eigenvalue weighted by Crippen LogP contribution is 2.48. The van der Waals surface area contributed by atoms with E-state index >= 15 is 0 Å². The van der Waals surface area contributed by atoms with Crippen LogP contribution in [0.2, 0.25) is 25.1 Å². The summed E-state index contributed by atoms with van der Waals surface area (Å²) < 4.78 is 9.85. The van der Waals surface area contributed by atoms with Crippen LogP contribution in [0.5, 0.6) is 5.75 Å². The third kappa shape index (κ3) is 6.04. The lowest BCUT2D eigenvalue weighted by Crippen LogP contribution is -2.28. The van der Waals surface area contributed by atoms with Crippen LogP contribution in [0.1, 0.15) is 5.56 Å². The van der Waals surface area contributed by atoms with Crippen LogP contribution in [0.4, 0.5) is 4.79 Å². The predicted octanol–water partition coefficient (Wildman–Crippen LogP) is 5.72. The largest absolute Gasteiger partial charge is 0.443 e. The highest BCUT2D eigenvalue weighted by molar-refractivity contribution is 6.55. The predicted molar refractivity (Wildman–Crippen MR) is 103 cm³/mol. The summed E-state index contributed by atoms with van der Waals surface area (Å²) in [6.07, 6.45) is -0.889. The third-order valence-electron chi connectivity index (χ3n) is 2.94. The summed E-state index contributed by atoms with van der Waals surface area (Å²) in [4.78, 5) is 28.0. The van der Waals surface area contributed by atoms with Crippen molar-refractivity contribution in [3.05, 3.63) is 61.0 Å². The number of hydrogen-bond donors (Lipinski definition) is 1. The molecule has 1 N–H and O–H groups in total. The molecule has 0 heterocycles. The first kappa shape index (κ1) is 21.9. The van der Waals surface area contributed by atoms with Gasteiger partial charge in [-0.15, -0.1) is 0 Å². The molecule has 2 aromatic carbocycles. The molecule has 0 aromatic heterocycles. The van der Waals surface area contributed by atoms with Gasteiger partial charge in [-0.2, -0.15) is 5.48 Å². The van der Waals surface area contributed by atoms with E-state index in [0.717, 1.165) is 5.56 Å². The van der Waals surface area contributed by atoms with E-state index in [4.69, 9.17) is 72.3 Å². The van der Waals surface area contributed by atoms with E-state index in [1.165, 1.54) is 0 Å². The number of nitrogens with one attached hydrogen (secondary N) is 1. The van der Waals surface area contributed by atoms with Gasteiger partial charge in [-0.3, -0.25) is 4.84 Å². The normalized spacial score (nSPS) is 10.4. The van der Waals surface area contributed by atoms with Crippen LogP contribution in [-0.2, 0) is 21.0 Å². The van der Waals surface area contributed by atoms with Crippen molar-refractivity contribution in [2.24, 2.45) is 0 Å². The van der Waals surface area contributed by atoms with Crippen molar-refractivity contribution >= 4 is 70.1 Å². The first-order valence-corrected chi connectivity index (χ1v) is 9.00. The third-order valence-corrected chi connectivity index (χ3v) is 5.19. The van der Waals surface area contributed by atoms with Gasteiger partial charge in [-0.25, -0.2) is 9.59 Å². The summed E-state index contributed by atoms with van der Waals surface area (Å²) in [5, 5.41) is -0.718. The Bertz CT molecular complexity index is 818. The van der Waals surface area contributed by atoms with Crippen molar-refractivity contribution in [1.82, 2.24) is 5.48 Å². The molecular formula is C16H10Cl5NO5. The van der Waals surface area contributed by atoms with Crippen LogP contribution >= 0.6 is 58.0 Å². The van der Waals surface area contributed by atoms with Crippen LogP contribution in [-0.4, -0.2) is 18.7 Å². The minimum atomic E-state index is -0.934. The molecule has 27 heavy (non-hydrogen) atoms. The number of halogens is 5. The van der Waals surface area contributed by atoms with Crippen LogP contribution in [0.15, 0.2) is 30.3 Å². The standard InChI is InChI=1S/C16H10Cl5NO5/c17-10-11(18)13(20)15(14(21)12(10)19)27-9(23)7-26-22-16(24)25-6-8-4-2-1-3-5-8/h1-5H,6-7H2,(H,22,24). The molecule has 0 fully saturated rings. The number of ether oxygens (including phenoxy) is 2. The number of rotatable bonds is 6. The summed E-state index contributed by atoms with van der Waals surface area (Å²) in [5.74, 6) is -1.21. The zero-order valence-corrected chi connectivity index (χ0v) is 17.0. The fourth-order valence-corrected chi connectivity index (χ4v) is 2.92. The maximum absolute atomic E-state index is 11.8. The van der Waals surface area contributed by atoms with E-state index in [1.54, 1.807) is 24.3 Å². The van der Waals surface area contributed by atoms with Crippen LogP contribution in [0, 0.1) is 0 Å². The minimum absolute atomic E-state index is 0.0352. The van der Waals surface area contributed by atoms with E-state index in [2.05, 4.69) is 0 Å². The summed E-state index contributed by atoms with van der Waals surface area (Å²) >= 11 is 29.4. The first-order valence-electron chi connectivity index (χ1n) is 7.11. The van der Waals surface area contributed by atoms with Crippen molar-refractivity contribution in [2.75, 3.05) is 6.61 Å². The molecule has 2 aromatic rings. The zero-order valence-electron chi connectivity index (χ0n) is 13.2. The van der Waals surface area contributed by atoms with E-state index in [0.29, 0.717) is 0 Å². The molecule has 0 spiro atoms. The second-order valence-electron chi connectivity index (χ2n) is 4.83. The van der Waals surface area contributed by atoms with Crippen molar-refractivity contribution < 1.29 is 23.9 Å². The van der Waals surface area contributed by atoms with E-state index in [-0.39, 0.29) is 37.5 Å². The second-order valence-corrected chi connectivity index (χ2v) is 6.72. The smallest absolute Gasteiger partial charge is 0.431 e. The molecule has 0 bridgehead atoms. The number of benzene rings is 2. The Morgan fingerprint density at radius 3 is 2.00 bits per heavy atom. The molecular weight excluding hydrogens is 463 g/mol. The molecule has 0 unspecified atom stereocenters. The Hall–Kier alpha value is -1.41. The van der Waals surface area contributed by atoms with Crippen molar-refractivity contribution in [2.45, 2.75) is 6.61 Å². The SMILES string of the molecule is O=C(CONC(=O)OCc1ccccc1)Oc1c(Cl)c(Cl)c(Cl)c(Cl)c1Cl. The average molecular weight is 474 g/mol. The molecule has 11 heteroatoms. The second kappa shape index (κ2) is 10.2. The van der Waals surface area contributed by atoms with Gasteiger partial charge in [0.15, 0.2) is 12.4 Å². The van der Waals surface area contributed by atoms with Crippen molar-refractivity contribution in [3.8, 4) is 5.75 Å². The Kier molecular flexibility index (Phi) is 8.28. The van der Waals surface area contributed by atoms with Gasteiger partial charge in [-0.1, -0.05) is 88.3 Å². The van der Waals surface area contributed by atoms with Gasteiger partial charge in [0.1, 0.15) is 16.7 Å². The van der Waals surface area contributed by atoms with Gasteiger partial charge in [-0.05, 0) is 5.56 Å². The van der Waals surface area contributed by atoms with Crippen LogP contribution in [0.25, 0.3) is 0 Å². The molecule has 0 saturated carbocycles. The zero-order chi connectivity index (χ0) is 20.0. The summed E-state index contributed by atoms with van der Waals surface area (Å²) in [6.45, 7) is -0.627. The quantitative estimate of drug-likeness (QED) is 0.191. The molecule has 2 rings (SSSR count). The first-order chi connectivity index (χ1) is 12.8. The molecule has 0 aliphatic carbocycles. The lowest BCUT2D eigenvalue weighted by molar-refractivity contribution is -0.141. The number of carbonyl (C=O) groups excluding carboxylic acids is 2. The molecule has 0 atom stereocenters. The maximum atomic E-state index is 11.8. The van der Waals surface area contributed by atoms with Crippen molar-refractivity contribution in [3.63, 3.8) is 0 Å². The summed E-state index contributed by atoms with van der Waals surface area (Å²) in [6, 6.07) is 8.99. The van der Waals surface area contributed by atoms with Crippen LogP contribution < -0.4 is 10.2 Å². The van der Waals surface area contributed by atoms with Gasteiger partial charge in [0, 0.05) is 0 Å². The van der Waals surface area contributed by atoms with Gasteiger partial charge in [0.2, 0.25) is 0 Å². The molecule has 0 radical (unpaired) electrons. The van der Waals surface area contributed by atoms with Crippen LogP contribution in [0.3, 0.4) is 0 Å². The number of amides is 1. The Morgan fingerprint density at radius 2 is 1.41 bits per heavy atom. The minimum Gasteiger partial charge on any atom is -0.443 e. The van der Waals surface area contributed by atoms with E-state index in [1.807, 2.05) is 11.5 Å². The number of esters is 1. The van der Waals surface area contributed by atoms with Crippen molar-refractivity contribution in [1.29, 1.82) is 0 Å². The summed E-state index contributed by atoms with van der Waals surface area (Å²) in [5.41, 5.74) is 2.71. The molecule has 0 aliphatic heterocycles. The summed E-state index contributed by atoms with van der Waals surface area (Å²) in [7, 11) is 0. The molecule has 0 saturated heterocycles. The Labute approximate surface area is 179 Å². The number of hydroxylamine groups is 1. The topological polar surface area (TPSA) is 73.9 Å². The van der Waals surface area contributed by atoms with Gasteiger partial charge >= 0.3 is 12.1 Å². The monoisotopic (exact) mass is 471 g/mol. The van der Waals surface area contributed by atoms with Gasteiger partial charge < -0.3 is 9.47 Å². The van der Waals surface area contributed by atoms with Gasteiger partial charge in [0.05, 0.1) is 15.1 Å². The molecule has 144 valence electrons. The molecule has 6 nitrogen and oxygen atoms in total. The molecule has 0 aliphatic rings. The fraction of sp³-hybridized carbons (Fsp3) is 0.125. The highest BCUT2D eigenvalue weighted by atomic mass is 35.5. The Morgan fingerprint density at radius 1 is 0.852 bits per heavy atom. The van der Waals surface area contributed by atoms with Gasteiger partial charge in [0.25, 0.3) is 0 Å². The molecule has 1 amide bonds. The van der Waals surface area contributed by atoms with E-state index < -0.39 is 18.7 Å². The lowest BCUT2D eigenvalue weighted by atomic mass is 10.2. The Balaban J connectivity index is 1.82. The fourth-order valence-electron chi connectivity index (χ4n) is 1.72.